The van der Waals surface area contributed by atoms with Crippen molar-refractivity contribution in [1.82, 2.24) is 25.0 Å². The van der Waals surface area contributed by atoms with Crippen LogP contribution in [0.25, 0.3) is 11.4 Å². The molecular formula is C28H26ClF4N5O4S. The number of nitrogens with zero attached hydrogens (tertiary/aromatic N) is 5. The van der Waals surface area contributed by atoms with Crippen molar-refractivity contribution < 1.29 is 35.2 Å². The number of hydrogen-bond acceptors (Lipinski definition) is 9. The Balaban J connectivity index is 1.23. The number of likely N-dealkylation sites (tertiary alicyclic amines) is 1. The van der Waals surface area contributed by atoms with E-state index in [0.29, 0.717) is 47.4 Å². The molecule has 0 saturated carbocycles. The number of sulfone groups is 1. The summed E-state index contributed by atoms with van der Waals surface area (Å²) >= 11 is 5.81. The molecule has 0 amide bonds. The summed E-state index contributed by atoms with van der Waals surface area (Å²) in [4.78, 5) is 14.5. The quantitative estimate of drug-likeness (QED) is 0.209. The highest BCUT2D eigenvalue weighted by Crippen LogP contribution is 2.31. The molecule has 1 aromatic carbocycles. The summed E-state index contributed by atoms with van der Waals surface area (Å²) in [5.41, 5.74) is 2.18. The van der Waals surface area contributed by atoms with Gasteiger partial charge in [-0.1, -0.05) is 28.9 Å². The summed E-state index contributed by atoms with van der Waals surface area (Å²) in [5.74, 6) is -2.10. The van der Waals surface area contributed by atoms with Gasteiger partial charge in [0.2, 0.25) is 11.7 Å². The lowest BCUT2D eigenvalue weighted by Gasteiger charge is -2.32. The molecular weight excluding hydrogens is 614 g/mol. The van der Waals surface area contributed by atoms with Crippen LogP contribution in [-0.2, 0) is 34.9 Å². The maximum atomic E-state index is 14.1. The first kappa shape index (κ1) is 30.8. The van der Waals surface area contributed by atoms with E-state index in [1.165, 1.54) is 18.3 Å². The van der Waals surface area contributed by atoms with Crippen LogP contribution >= 0.6 is 11.6 Å². The van der Waals surface area contributed by atoms with E-state index in [-0.39, 0.29) is 29.7 Å². The molecule has 0 atom stereocenters. The van der Waals surface area contributed by atoms with Gasteiger partial charge in [-0.05, 0) is 55.8 Å². The van der Waals surface area contributed by atoms with Crippen molar-refractivity contribution in [1.29, 1.82) is 0 Å². The molecule has 1 saturated heterocycles. The maximum Gasteiger partial charge on any atom is 0.471 e. The van der Waals surface area contributed by atoms with Crippen LogP contribution in [0.5, 0.6) is 5.88 Å². The number of ether oxygens (including phenoxy) is 1. The van der Waals surface area contributed by atoms with E-state index < -0.39 is 27.7 Å². The lowest BCUT2D eigenvalue weighted by Crippen LogP contribution is -2.33. The Kier molecular flexibility index (Phi) is 8.99. The predicted octanol–water partition coefficient (Wildman–Crippen LogP) is 5.84. The smallest absolute Gasteiger partial charge is 0.471 e. The standard InChI is InChI=1S/C28H26ClF4N5O4S/c1-43(39,40)16-20-11-19(26-36-27(42-37-26)28(31,32)33)13-34-24(20)14-38-9-7-17(8-10-38)23-3-2-4-25(35-23)41-15-18-5-6-21(29)12-22(18)30/h2-6,11-13,17H,7-10,14-16H2,1H3. The number of alkyl halides is 3. The Labute approximate surface area is 249 Å². The van der Waals surface area contributed by atoms with Crippen molar-refractivity contribution in [2.75, 3.05) is 19.3 Å². The van der Waals surface area contributed by atoms with Crippen molar-refractivity contribution in [2.24, 2.45) is 0 Å². The average Bonchev–Trinajstić information content (AvgIpc) is 3.45. The van der Waals surface area contributed by atoms with Crippen LogP contribution in [0.4, 0.5) is 17.6 Å². The summed E-state index contributed by atoms with van der Waals surface area (Å²) in [6.07, 6.45) is -0.886. The zero-order chi connectivity index (χ0) is 30.8. The molecule has 1 fully saturated rings. The minimum absolute atomic E-state index is 0.00964. The van der Waals surface area contributed by atoms with Crippen LogP contribution in [0.2, 0.25) is 5.02 Å². The largest absolute Gasteiger partial charge is 0.473 e. The lowest BCUT2D eigenvalue weighted by atomic mass is 9.93. The van der Waals surface area contributed by atoms with Gasteiger partial charge in [0.05, 0.1) is 11.4 Å². The number of rotatable bonds is 9. The zero-order valence-electron chi connectivity index (χ0n) is 22.8. The van der Waals surface area contributed by atoms with Crippen LogP contribution in [0.1, 0.15) is 47.2 Å². The van der Waals surface area contributed by atoms with E-state index in [9.17, 15) is 26.0 Å². The SMILES string of the molecule is CS(=O)(=O)Cc1cc(-c2noc(C(F)(F)F)n2)cnc1CN1CCC(c2cccc(OCc3ccc(Cl)cc3F)n2)CC1. The third-order valence-electron chi connectivity index (χ3n) is 6.92. The Hall–Kier alpha value is -3.62. The van der Waals surface area contributed by atoms with Crippen molar-refractivity contribution in [3.8, 4) is 17.3 Å². The first-order chi connectivity index (χ1) is 20.3. The monoisotopic (exact) mass is 639 g/mol. The van der Waals surface area contributed by atoms with Crippen molar-refractivity contribution in [3.63, 3.8) is 0 Å². The lowest BCUT2D eigenvalue weighted by molar-refractivity contribution is -0.159. The summed E-state index contributed by atoms with van der Waals surface area (Å²) in [7, 11) is -3.48. The number of piperidine rings is 1. The van der Waals surface area contributed by atoms with Gasteiger partial charge < -0.3 is 9.26 Å². The molecule has 0 unspecified atom stereocenters. The molecule has 0 bridgehead atoms. The molecule has 228 valence electrons. The van der Waals surface area contributed by atoms with Gasteiger partial charge in [0.25, 0.3) is 0 Å². The summed E-state index contributed by atoms with van der Waals surface area (Å²) in [6, 6.07) is 11.3. The number of aromatic nitrogens is 4. The second-order valence-corrected chi connectivity index (χ2v) is 12.9. The van der Waals surface area contributed by atoms with E-state index in [2.05, 4.69) is 29.5 Å². The minimum Gasteiger partial charge on any atom is -0.473 e. The third-order valence-corrected chi connectivity index (χ3v) is 7.99. The van der Waals surface area contributed by atoms with Gasteiger partial charge in [-0.2, -0.15) is 18.2 Å². The number of benzene rings is 1. The Morgan fingerprint density at radius 1 is 1.09 bits per heavy atom. The molecule has 0 N–H and O–H groups in total. The molecule has 0 aliphatic carbocycles. The molecule has 1 aliphatic heterocycles. The molecule has 43 heavy (non-hydrogen) atoms. The van der Waals surface area contributed by atoms with E-state index in [1.807, 2.05) is 12.1 Å². The highest BCUT2D eigenvalue weighted by atomic mass is 35.5. The Morgan fingerprint density at radius 3 is 2.53 bits per heavy atom. The van der Waals surface area contributed by atoms with Gasteiger partial charge in [-0.25, -0.2) is 17.8 Å². The maximum absolute atomic E-state index is 14.1. The predicted molar refractivity (Wildman–Crippen MR) is 148 cm³/mol. The molecule has 0 spiro atoms. The average molecular weight is 640 g/mol. The van der Waals surface area contributed by atoms with Crippen LogP contribution in [0, 0.1) is 5.82 Å². The summed E-state index contributed by atoms with van der Waals surface area (Å²) in [6.45, 7) is 1.71. The molecule has 9 nitrogen and oxygen atoms in total. The second-order valence-electron chi connectivity index (χ2n) is 10.3. The van der Waals surface area contributed by atoms with Crippen LogP contribution in [0.15, 0.2) is 53.2 Å². The van der Waals surface area contributed by atoms with Gasteiger partial charge in [-0.15, -0.1) is 0 Å². The first-order valence-corrected chi connectivity index (χ1v) is 15.6. The van der Waals surface area contributed by atoms with Crippen LogP contribution in [0.3, 0.4) is 0 Å². The van der Waals surface area contributed by atoms with Gasteiger partial charge >= 0.3 is 12.1 Å². The van der Waals surface area contributed by atoms with Crippen molar-refractivity contribution in [3.05, 3.63) is 87.9 Å². The van der Waals surface area contributed by atoms with E-state index in [4.69, 9.17) is 16.3 Å². The van der Waals surface area contributed by atoms with E-state index in [1.54, 1.807) is 18.2 Å². The minimum atomic E-state index is -4.80. The first-order valence-electron chi connectivity index (χ1n) is 13.2. The third kappa shape index (κ3) is 8.06. The molecule has 1 aliphatic rings. The number of hydrogen-bond donors (Lipinski definition) is 0. The fourth-order valence-corrected chi connectivity index (χ4v) is 5.77. The Morgan fingerprint density at radius 2 is 1.86 bits per heavy atom. The highest BCUT2D eigenvalue weighted by molar-refractivity contribution is 7.89. The molecule has 4 aromatic rings. The van der Waals surface area contributed by atoms with Gasteiger partial charge in [-0.3, -0.25) is 9.88 Å². The normalized spacial score (nSPS) is 15.1. The van der Waals surface area contributed by atoms with Crippen LogP contribution in [-0.4, -0.2) is 52.8 Å². The molecule has 4 heterocycles. The van der Waals surface area contributed by atoms with E-state index in [0.717, 1.165) is 24.8 Å². The summed E-state index contributed by atoms with van der Waals surface area (Å²) in [5, 5.41) is 3.68. The number of pyridine rings is 2. The summed E-state index contributed by atoms with van der Waals surface area (Å²) < 4.78 is 87.1. The number of halogens is 5. The fraction of sp³-hybridized carbons (Fsp3) is 0.357. The van der Waals surface area contributed by atoms with Gasteiger partial charge in [0.15, 0.2) is 9.84 Å². The van der Waals surface area contributed by atoms with Crippen LogP contribution < -0.4 is 4.74 Å². The van der Waals surface area contributed by atoms with Gasteiger partial charge in [0.1, 0.15) is 12.4 Å². The highest BCUT2D eigenvalue weighted by Gasteiger charge is 2.38. The van der Waals surface area contributed by atoms with Crippen molar-refractivity contribution >= 4 is 21.4 Å². The molecule has 15 heteroatoms. The molecule has 5 rings (SSSR count). The van der Waals surface area contributed by atoms with Gasteiger partial charge in [0, 0.05) is 52.8 Å². The van der Waals surface area contributed by atoms with Crippen molar-refractivity contribution in [2.45, 2.75) is 43.8 Å². The topological polar surface area (TPSA) is 111 Å². The Bertz CT molecular complexity index is 1710. The molecule has 0 radical (unpaired) electrons. The zero-order valence-corrected chi connectivity index (χ0v) is 24.4. The fourth-order valence-electron chi connectivity index (χ4n) is 4.79. The molecule has 3 aromatic heterocycles. The second kappa shape index (κ2) is 12.5. The van der Waals surface area contributed by atoms with E-state index >= 15 is 0 Å².